The fourth-order valence-corrected chi connectivity index (χ4v) is 3.46. The molecular weight excluding hydrogens is 409 g/mol. The third-order valence-corrected chi connectivity index (χ3v) is 4.91. The molecule has 0 radical (unpaired) electrons. The summed E-state index contributed by atoms with van der Waals surface area (Å²) in [6.07, 6.45) is 0. The maximum absolute atomic E-state index is 14.1. The monoisotopic (exact) mass is 425 g/mol. The summed E-state index contributed by atoms with van der Waals surface area (Å²) in [5.41, 5.74) is 4.17. The number of halogens is 2. The maximum atomic E-state index is 14.1. The van der Waals surface area contributed by atoms with Crippen LogP contribution in [0.25, 0.3) is 22.2 Å². The molecule has 4 aromatic rings. The van der Waals surface area contributed by atoms with Crippen molar-refractivity contribution in [2.75, 3.05) is 0 Å². The van der Waals surface area contributed by atoms with Gasteiger partial charge >= 0.3 is 0 Å². The van der Waals surface area contributed by atoms with E-state index in [0.717, 1.165) is 27.9 Å². The summed E-state index contributed by atoms with van der Waals surface area (Å²) < 4.78 is 22.3. The van der Waals surface area contributed by atoms with Crippen LogP contribution in [0.3, 0.4) is 0 Å². The van der Waals surface area contributed by atoms with Gasteiger partial charge in [0.25, 0.3) is 0 Å². The standard InChI is InChI=1S/C21H17BrFN3O/c1-13-20-17(14-6-4-3-5-7-14)11-19(24-21(20)26(2)25-13)27-12-15-8-9-16(22)10-18(15)23/h3-11H,12H2,1-2H3. The third-order valence-electron chi connectivity index (χ3n) is 4.42. The molecule has 0 aliphatic carbocycles. The smallest absolute Gasteiger partial charge is 0.216 e. The summed E-state index contributed by atoms with van der Waals surface area (Å²) in [5, 5.41) is 5.48. The second-order valence-electron chi connectivity index (χ2n) is 6.31. The lowest BCUT2D eigenvalue weighted by Gasteiger charge is -2.10. The van der Waals surface area contributed by atoms with E-state index >= 15 is 0 Å². The number of aromatic nitrogens is 3. The molecule has 2 aromatic heterocycles. The topological polar surface area (TPSA) is 39.9 Å². The molecule has 0 amide bonds. The van der Waals surface area contributed by atoms with Crippen molar-refractivity contribution >= 4 is 27.0 Å². The van der Waals surface area contributed by atoms with E-state index in [1.54, 1.807) is 16.8 Å². The van der Waals surface area contributed by atoms with Crippen molar-refractivity contribution in [1.82, 2.24) is 14.8 Å². The van der Waals surface area contributed by atoms with Crippen molar-refractivity contribution in [3.05, 3.63) is 76.1 Å². The molecule has 2 aromatic carbocycles. The molecule has 0 fully saturated rings. The number of ether oxygens (including phenoxy) is 1. The Labute approximate surface area is 164 Å². The van der Waals surface area contributed by atoms with Gasteiger partial charge in [0.15, 0.2) is 5.65 Å². The lowest BCUT2D eigenvalue weighted by molar-refractivity contribution is 0.289. The van der Waals surface area contributed by atoms with Crippen molar-refractivity contribution in [2.24, 2.45) is 7.05 Å². The van der Waals surface area contributed by atoms with Crippen LogP contribution >= 0.6 is 15.9 Å². The van der Waals surface area contributed by atoms with Crippen molar-refractivity contribution in [3.63, 3.8) is 0 Å². The molecule has 136 valence electrons. The molecule has 4 rings (SSSR count). The highest BCUT2D eigenvalue weighted by molar-refractivity contribution is 9.10. The molecule has 0 aliphatic heterocycles. The maximum Gasteiger partial charge on any atom is 0.216 e. The van der Waals surface area contributed by atoms with E-state index in [0.29, 0.717) is 15.9 Å². The summed E-state index contributed by atoms with van der Waals surface area (Å²) in [4.78, 5) is 4.59. The minimum atomic E-state index is -0.315. The van der Waals surface area contributed by atoms with E-state index in [1.165, 1.54) is 6.07 Å². The molecular formula is C21H17BrFN3O. The van der Waals surface area contributed by atoms with E-state index in [1.807, 2.05) is 50.4 Å². The first kappa shape index (κ1) is 17.7. The number of hydrogen-bond donors (Lipinski definition) is 0. The largest absolute Gasteiger partial charge is 0.473 e. The minimum Gasteiger partial charge on any atom is -0.473 e. The Morgan fingerprint density at radius 2 is 1.89 bits per heavy atom. The highest BCUT2D eigenvalue weighted by Crippen LogP contribution is 2.33. The quantitative estimate of drug-likeness (QED) is 0.437. The molecule has 0 saturated carbocycles. The Morgan fingerprint density at radius 3 is 2.63 bits per heavy atom. The molecule has 2 heterocycles. The van der Waals surface area contributed by atoms with Crippen LogP contribution in [0.15, 0.2) is 59.1 Å². The summed E-state index contributed by atoms with van der Waals surface area (Å²) in [7, 11) is 1.86. The second kappa shape index (κ2) is 7.12. The van der Waals surface area contributed by atoms with Crippen LogP contribution in [0.4, 0.5) is 4.39 Å². The fraction of sp³-hybridized carbons (Fsp3) is 0.143. The average molecular weight is 426 g/mol. The first-order valence-electron chi connectivity index (χ1n) is 8.49. The minimum absolute atomic E-state index is 0.0999. The van der Waals surface area contributed by atoms with Gasteiger partial charge < -0.3 is 4.74 Å². The SMILES string of the molecule is Cc1nn(C)c2nc(OCc3ccc(Br)cc3F)cc(-c3ccccc3)c12. The van der Waals surface area contributed by atoms with Gasteiger partial charge in [-0.05, 0) is 30.2 Å². The van der Waals surface area contributed by atoms with Gasteiger partial charge in [0.1, 0.15) is 12.4 Å². The number of fused-ring (bicyclic) bond motifs is 1. The molecule has 0 bridgehead atoms. The molecule has 0 unspecified atom stereocenters. The number of pyridine rings is 1. The van der Waals surface area contributed by atoms with Crippen LogP contribution < -0.4 is 4.74 Å². The molecule has 4 nitrogen and oxygen atoms in total. The highest BCUT2D eigenvalue weighted by Gasteiger charge is 2.16. The Kier molecular flexibility index (Phi) is 4.66. The van der Waals surface area contributed by atoms with Gasteiger partial charge in [-0.15, -0.1) is 0 Å². The van der Waals surface area contributed by atoms with E-state index in [4.69, 9.17) is 4.74 Å². The average Bonchev–Trinajstić information content (AvgIpc) is 2.95. The van der Waals surface area contributed by atoms with E-state index in [-0.39, 0.29) is 12.4 Å². The summed E-state index contributed by atoms with van der Waals surface area (Å²) in [6.45, 7) is 2.07. The van der Waals surface area contributed by atoms with Gasteiger partial charge in [0, 0.05) is 23.2 Å². The molecule has 0 saturated heterocycles. The number of aryl methyl sites for hydroxylation is 2. The lowest BCUT2D eigenvalue weighted by atomic mass is 10.0. The van der Waals surface area contributed by atoms with Crippen molar-refractivity contribution < 1.29 is 9.13 Å². The van der Waals surface area contributed by atoms with Crippen LogP contribution in [0.2, 0.25) is 0 Å². The molecule has 0 atom stereocenters. The zero-order valence-electron chi connectivity index (χ0n) is 14.9. The summed E-state index contributed by atoms with van der Waals surface area (Å²) in [5.74, 6) is 0.122. The van der Waals surface area contributed by atoms with Gasteiger partial charge in [-0.3, -0.25) is 4.68 Å². The van der Waals surface area contributed by atoms with E-state index in [9.17, 15) is 4.39 Å². The van der Waals surface area contributed by atoms with E-state index in [2.05, 4.69) is 26.0 Å². The van der Waals surface area contributed by atoms with Crippen LogP contribution in [0.5, 0.6) is 5.88 Å². The predicted molar refractivity (Wildman–Crippen MR) is 107 cm³/mol. The molecule has 0 spiro atoms. The Hall–Kier alpha value is -2.73. The molecule has 0 aliphatic rings. The zero-order chi connectivity index (χ0) is 19.0. The number of hydrogen-bond acceptors (Lipinski definition) is 3. The number of nitrogens with zero attached hydrogens (tertiary/aromatic N) is 3. The van der Waals surface area contributed by atoms with Crippen LogP contribution in [0.1, 0.15) is 11.3 Å². The zero-order valence-corrected chi connectivity index (χ0v) is 16.5. The van der Waals surface area contributed by atoms with Gasteiger partial charge in [-0.2, -0.15) is 10.1 Å². The molecule has 6 heteroatoms. The van der Waals surface area contributed by atoms with Gasteiger partial charge in [0.2, 0.25) is 5.88 Å². The lowest BCUT2D eigenvalue weighted by Crippen LogP contribution is -2.01. The molecule has 0 N–H and O–H groups in total. The highest BCUT2D eigenvalue weighted by atomic mass is 79.9. The Morgan fingerprint density at radius 1 is 1.11 bits per heavy atom. The number of rotatable bonds is 4. The van der Waals surface area contributed by atoms with Gasteiger partial charge in [-0.1, -0.05) is 52.3 Å². The van der Waals surface area contributed by atoms with E-state index < -0.39 is 0 Å². The van der Waals surface area contributed by atoms with Crippen LogP contribution in [-0.2, 0) is 13.7 Å². The van der Waals surface area contributed by atoms with Crippen LogP contribution in [-0.4, -0.2) is 14.8 Å². The Bertz CT molecular complexity index is 1130. The first-order valence-corrected chi connectivity index (χ1v) is 9.29. The Balaban J connectivity index is 1.76. The third kappa shape index (κ3) is 3.45. The summed E-state index contributed by atoms with van der Waals surface area (Å²) >= 11 is 3.26. The van der Waals surface area contributed by atoms with Crippen LogP contribution in [0, 0.1) is 12.7 Å². The van der Waals surface area contributed by atoms with Crippen molar-refractivity contribution in [1.29, 1.82) is 0 Å². The van der Waals surface area contributed by atoms with Crippen molar-refractivity contribution in [2.45, 2.75) is 13.5 Å². The normalized spacial score (nSPS) is 11.1. The predicted octanol–water partition coefficient (Wildman–Crippen LogP) is 5.42. The van der Waals surface area contributed by atoms with Crippen molar-refractivity contribution in [3.8, 4) is 17.0 Å². The number of benzene rings is 2. The summed E-state index contributed by atoms with van der Waals surface area (Å²) in [6, 6.07) is 16.8. The first-order chi connectivity index (χ1) is 13.0. The molecule has 27 heavy (non-hydrogen) atoms. The fourth-order valence-electron chi connectivity index (χ4n) is 3.13. The van der Waals surface area contributed by atoms with Gasteiger partial charge in [-0.25, -0.2) is 4.39 Å². The van der Waals surface area contributed by atoms with Gasteiger partial charge in [0.05, 0.1) is 11.1 Å². The second-order valence-corrected chi connectivity index (χ2v) is 7.22.